The summed E-state index contributed by atoms with van der Waals surface area (Å²) in [6.45, 7) is 3.39. The second-order valence-corrected chi connectivity index (χ2v) is 17.3. The fourth-order valence-corrected chi connectivity index (χ4v) is 7.65. The highest BCUT2D eigenvalue weighted by atomic mass is 16.7. The molecule has 0 amide bonds. The SMILES string of the molecule is CCCCCCCC/C=C/C/C=C/CCC(=O)OC(COC(=O)CCCCCCCCCCCCCCCCCCCCCCCC)CO[C@H]1O[C@@H](CO)[C@@H](O)C(O)C1O. The lowest BCUT2D eigenvalue weighted by Crippen LogP contribution is -2.59. The summed E-state index contributed by atoms with van der Waals surface area (Å²) in [5.41, 5.74) is 0. The highest BCUT2D eigenvalue weighted by Gasteiger charge is 2.44. The molecule has 0 bridgehead atoms. The van der Waals surface area contributed by atoms with Crippen LogP contribution < -0.4 is 0 Å². The van der Waals surface area contributed by atoms with E-state index < -0.39 is 49.4 Å². The molecule has 0 saturated carbocycles. The van der Waals surface area contributed by atoms with Gasteiger partial charge in [0.1, 0.15) is 31.0 Å². The van der Waals surface area contributed by atoms with Gasteiger partial charge in [-0.25, -0.2) is 0 Å². The van der Waals surface area contributed by atoms with Crippen LogP contribution in [0.1, 0.15) is 226 Å². The van der Waals surface area contributed by atoms with Gasteiger partial charge in [-0.1, -0.05) is 205 Å². The first-order chi connectivity index (χ1) is 29.3. The van der Waals surface area contributed by atoms with Crippen LogP contribution in [0.25, 0.3) is 0 Å². The van der Waals surface area contributed by atoms with Gasteiger partial charge in [-0.2, -0.15) is 0 Å². The van der Waals surface area contributed by atoms with E-state index in [1.165, 1.54) is 161 Å². The zero-order valence-electron chi connectivity index (χ0n) is 38.5. The number of carbonyl (C=O) groups excluding carboxylic acids is 2. The van der Waals surface area contributed by atoms with E-state index in [9.17, 15) is 30.0 Å². The number of allylic oxidation sites excluding steroid dienone is 4. The van der Waals surface area contributed by atoms with Gasteiger partial charge in [0.15, 0.2) is 12.4 Å². The molecule has 0 aromatic heterocycles. The zero-order valence-corrected chi connectivity index (χ0v) is 38.5. The lowest BCUT2D eigenvalue weighted by atomic mass is 9.99. The van der Waals surface area contributed by atoms with Crippen molar-refractivity contribution in [3.05, 3.63) is 24.3 Å². The highest BCUT2D eigenvalue weighted by Crippen LogP contribution is 2.23. The van der Waals surface area contributed by atoms with Crippen LogP contribution in [0.4, 0.5) is 0 Å². The standard InChI is InChI=1S/C50H92O10/c1-3-5-7-9-11-13-15-17-18-19-20-21-22-23-24-25-27-28-30-32-34-36-38-45(52)57-41-43(42-58-50-49(56)48(55)47(54)44(40-51)60-50)59-46(53)39-37-35-33-31-29-26-16-14-12-10-8-6-4-2/h26,29,33,35,43-44,47-51,54-56H,3-25,27-28,30-32,34,36-42H2,1-2H3/b29-26+,35-33+/t43?,44-,47+,48?,49?,50-/m0/s1. The Morgan fingerprint density at radius 1 is 0.517 bits per heavy atom. The van der Waals surface area contributed by atoms with Crippen LogP contribution in [0.2, 0.25) is 0 Å². The van der Waals surface area contributed by atoms with Gasteiger partial charge in [0.2, 0.25) is 0 Å². The predicted molar refractivity (Wildman–Crippen MR) is 243 cm³/mol. The Bertz CT molecular complexity index is 1030. The highest BCUT2D eigenvalue weighted by molar-refractivity contribution is 5.70. The van der Waals surface area contributed by atoms with Gasteiger partial charge >= 0.3 is 11.9 Å². The van der Waals surface area contributed by atoms with Gasteiger partial charge < -0.3 is 39.4 Å². The Kier molecular flexibility index (Phi) is 38.6. The van der Waals surface area contributed by atoms with Crippen LogP contribution in [0.15, 0.2) is 24.3 Å². The van der Waals surface area contributed by atoms with Crippen LogP contribution in [-0.2, 0) is 28.5 Å². The number of esters is 2. The van der Waals surface area contributed by atoms with Crippen molar-refractivity contribution < 1.29 is 49.0 Å². The first-order valence-corrected chi connectivity index (χ1v) is 24.9. The van der Waals surface area contributed by atoms with E-state index in [0.717, 1.165) is 32.1 Å². The van der Waals surface area contributed by atoms with Gasteiger partial charge in [0.05, 0.1) is 13.2 Å². The molecule has 0 aliphatic carbocycles. The van der Waals surface area contributed by atoms with Crippen molar-refractivity contribution in [3.63, 3.8) is 0 Å². The second-order valence-electron chi connectivity index (χ2n) is 17.3. The summed E-state index contributed by atoms with van der Waals surface area (Å²) >= 11 is 0. The molecule has 4 N–H and O–H groups in total. The number of hydrogen-bond acceptors (Lipinski definition) is 10. The number of carbonyl (C=O) groups is 2. The van der Waals surface area contributed by atoms with Crippen molar-refractivity contribution >= 4 is 11.9 Å². The normalized spacial score (nSPS) is 20.0. The number of hydrogen-bond donors (Lipinski definition) is 4. The fourth-order valence-electron chi connectivity index (χ4n) is 7.65. The summed E-state index contributed by atoms with van der Waals surface area (Å²) in [6.07, 6.45) is 39.3. The molecular formula is C50H92O10. The number of aliphatic hydroxyl groups is 4. The Morgan fingerprint density at radius 2 is 0.967 bits per heavy atom. The van der Waals surface area contributed by atoms with Crippen molar-refractivity contribution in [2.45, 2.75) is 263 Å². The van der Waals surface area contributed by atoms with E-state index in [2.05, 4.69) is 26.0 Å². The molecule has 352 valence electrons. The maximum Gasteiger partial charge on any atom is 0.306 e. The van der Waals surface area contributed by atoms with Gasteiger partial charge in [0.25, 0.3) is 0 Å². The third-order valence-corrected chi connectivity index (χ3v) is 11.6. The maximum absolute atomic E-state index is 12.7. The zero-order chi connectivity index (χ0) is 43.7. The van der Waals surface area contributed by atoms with E-state index in [-0.39, 0.29) is 32.0 Å². The lowest BCUT2D eigenvalue weighted by Gasteiger charge is -2.39. The average molecular weight is 853 g/mol. The molecule has 1 aliphatic heterocycles. The number of aliphatic hydroxyl groups excluding tert-OH is 4. The van der Waals surface area contributed by atoms with Crippen molar-refractivity contribution in [2.24, 2.45) is 0 Å². The second kappa shape index (κ2) is 41.2. The Hall–Kier alpha value is -1.82. The minimum Gasteiger partial charge on any atom is -0.462 e. The van der Waals surface area contributed by atoms with Crippen LogP contribution in [-0.4, -0.2) is 89.0 Å². The first-order valence-electron chi connectivity index (χ1n) is 24.9. The van der Waals surface area contributed by atoms with Crippen LogP contribution in [0.3, 0.4) is 0 Å². The molecule has 10 heteroatoms. The Labute approximate surface area is 366 Å². The van der Waals surface area contributed by atoms with E-state index in [1.807, 2.05) is 12.2 Å². The topological polar surface area (TPSA) is 152 Å². The van der Waals surface area contributed by atoms with Crippen LogP contribution >= 0.6 is 0 Å². The van der Waals surface area contributed by atoms with Gasteiger partial charge in [0, 0.05) is 12.8 Å². The molecule has 1 fully saturated rings. The molecular weight excluding hydrogens is 761 g/mol. The molecule has 0 aromatic carbocycles. The summed E-state index contributed by atoms with van der Waals surface area (Å²) in [7, 11) is 0. The Balaban J connectivity index is 2.25. The monoisotopic (exact) mass is 853 g/mol. The minimum atomic E-state index is -1.60. The first kappa shape index (κ1) is 56.2. The molecule has 1 heterocycles. The van der Waals surface area contributed by atoms with Crippen molar-refractivity contribution in [1.29, 1.82) is 0 Å². The van der Waals surface area contributed by atoms with Crippen molar-refractivity contribution in [2.75, 3.05) is 19.8 Å². The summed E-state index contributed by atoms with van der Waals surface area (Å²) in [5.74, 6) is -0.874. The number of rotatable bonds is 42. The number of unbranched alkanes of at least 4 members (excludes halogenated alkanes) is 27. The summed E-state index contributed by atoms with van der Waals surface area (Å²) in [4.78, 5) is 25.3. The molecule has 1 rings (SSSR count). The van der Waals surface area contributed by atoms with Gasteiger partial charge in [-0.05, 0) is 32.1 Å². The molecule has 1 aliphatic rings. The lowest BCUT2D eigenvalue weighted by molar-refractivity contribution is -0.305. The van der Waals surface area contributed by atoms with Crippen LogP contribution in [0.5, 0.6) is 0 Å². The summed E-state index contributed by atoms with van der Waals surface area (Å²) in [5, 5.41) is 40.1. The molecule has 0 radical (unpaired) electrons. The van der Waals surface area contributed by atoms with E-state index >= 15 is 0 Å². The predicted octanol–water partition coefficient (Wildman–Crippen LogP) is 11.3. The molecule has 10 nitrogen and oxygen atoms in total. The maximum atomic E-state index is 12.7. The van der Waals surface area contributed by atoms with Gasteiger partial charge in [-0.3, -0.25) is 9.59 Å². The van der Waals surface area contributed by atoms with Gasteiger partial charge in [-0.15, -0.1) is 0 Å². The molecule has 60 heavy (non-hydrogen) atoms. The molecule has 1 saturated heterocycles. The molecule has 6 atom stereocenters. The largest absolute Gasteiger partial charge is 0.462 e. The third kappa shape index (κ3) is 31.9. The minimum absolute atomic E-state index is 0.127. The molecule has 3 unspecified atom stereocenters. The smallest absolute Gasteiger partial charge is 0.306 e. The average Bonchev–Trinajstić information content (AvgIpc) is 3.25. The summed E-state index contributed by atoms with van der Waals surface area (Å²) < 4.78 is 22.1. The fraction of sp³-hybridized carbons (Fsp3) is 0.880. The van der Waals surface area contributed by atoms with Crippen LogP contribution in [0, 0.1) is 0 Å². The molecule has 0 spiro atoms. The van der Waals surface area contributed by atoms with Crippen molar-refractivity contribution in [1.82, 2.24) is 0 Å². The van der Waals surface area contributed by atoms with E-state index in [4.69, 9.17) is 18.9 Å². The van der Waals surface area contributed by atoms with Crippen molar-refractivity contribution in [3.8, 4) is 0 Å². The summed E-state index contributed by atoms with van der Waals surface area (Å²) in [6, 6.07) is 0. The molecule has 0 aromatic rings. The number of ether oxygens (including phenoxy) is 4. The Morgan fingerprint density at radius 3 is 1.45 bits per heavy atom. The van der Waals surface area contributed by atoms with E-state index in [1.54, 1.807) is 0 Å². The quantitative estimate of drug-likeness (QED) is 0.0265. The van der Waals surface area contributed by atoms with E-state index in [0.29, 0.717) is 6.42 Å². The third-order valence-electron chi connectivity index (χ3n) is 11.6.